The minimum absolute atomic E-state index is 0.0829. The van der Waals surface area contributed by atoms with E-state index in [1.165, 1.54) is 0 Å². The number of fused-ring (bicyclic) bond motifs is 3. The lowest BCUT2D eigenvalue weighted by Gasteiger charge is -2.49. The second-order valence-electron chi connectivity index (χ2n) is 13.8. The van der Waals surface area contributed by atoms with Crippen LogP contribution in [0, 0.1) is 28.6 Å². The molecule has 8 heteroatoms. The van der Waals surface area contributed by atoms with Crippen LogP contribution in [0.15, 0.2) is 53.6 Å². The largest absolute Gasteiger partial charge is 0.458 e. The summed E-state index contributed by atoms with van der Waals surface area (Å²) in [6, 6.07) is 8.33. The lowest BCUT2D eigenvalue weighted by molar-refractivity contribution is -0.192. The highest BCUT2D eigenvalue weighted by Gasteiger charge is 2.83. The first-order valence-electron chi connectivity index (χ1n) is 15.8. The Balaban J connectivity index is 1.54. The summed E-state index contributed by atoms with van der Waals surface area (Å²) in [5.41, 5.74) is -4.66. The van der Waals surface area contributed by atoms with Crippen LogP contribution in [0.3, 0.4) is 0 Å². The van der Waals surface area contributed by atoms with Crippen molar-refractivity contribution in [2.24, 2.45) is 28.6 Å². The zero-order valence-corrected chi connectivity index (χ0v) is 26.0. The number of aliphatic hydroxyl groups is 3. The van der Waals surface area contributed by atoms with Gasteiger partial charge in [0, 0.05) is 23.7 Å². The summed E-state index contributed by atoms with van der Waals surface area (Å²) in [4.78, 5) is 41.3. The van der Waals surface area contributed by atoms with Crippen LogP contribution < -0.4 is 0 Å². The zero-order valence-electron chi connectivity index (χ0n) is 26.0. The zero-order chi connectivity index (χ0) is 31.4. The molecule has 4 aliphatic rings. The summed E-state index contributed by atoms with van der Waals surface area (Å²) in [5, 5.41) is 34.9. The fraction of sp³-hybridized carbons (Fsp3) is 0.629. The number of rotatable bonds is 10. The van der Waals surface area contributed by atoms with Crippen molar-refractivity contribution in [3.63, 3.8) is 0 Å². The van der Waals surface area contributed by atoms with Crippen molar-refractivity contribution in [3.8, 4) is 0 Å². The van der Waals surface area contributed by atoms with Gasteiger partial charge in [0.2, 0.25) is 0 Å². The van der Waals surface area contributed by atoms with E-state index < -0.39 is 64.6 Å². The van der Waals surface area contributed by atoms with E-state index in [0.29, 0.717) is 12.0 Å². The molecule has 43 heavy (non-hydrogen) atoms. The SMILES string of the molecule is CCCCCCCC(=O)O[C@]12C[C@@H](C)[C@]34C=C(C)[C@H](OC(=O)c5ccccc5)[C@@]3(O)[C@H](O)C(CO)=C[C@H](C4=O)[C@@H]1C2(C)C. The highest BCUT2D eigenvalue weighted by molar-refractivity contribution is 5.96. The summed E-state index contributed by atoms with van der Waals surface area (Å²) in [7, 11) is 0. The third-order valence-corrected chi connectivity index (χ3v) is 11.0. The normalized spacial score (nSPS) is 37.2. The number of hydrogen-bond acceptors (Lipinski definition) is 8. The summed E-state index contributed by atoms with van der Waals surface area (Å²) in [6.45, 7) is 9.03. The molecule has 2 saturated carbocycles. The third kappa shape index (κ3) is 4.55. The molecule has 4 aliphatic carbocycles. The first-order valence-corrected chi connectivity index (χ1v) is 15.8. The molecule has 2 fully saturated rings. The van der Waals surface area contributed by atoms with Gasteiger partial charge in [0.25, 0.3) is 0 Å². The number of carbonyl (C=O) groups excluding carboxylic acids is 3. The Bertz CT molecular complexity index is 1330. The first kappa shape index (κ1) is 31.6. The molecule has 0 aromatic heterocycles. The van der Waals surface area contributed by atoms with Crippen LogP contribution in [0.5, 0.6) is 0 Å². The van der Waals surface area contributed by atoms with E-state index in [1.807, 2.05) is 20.8 Å². The molecular formula is C35H46O8. The molecule has 234 valence electrons. The van der Waals surface area contributed by atoms with E-state index >= 15 is 0 Å². The van der Waals surface area contributed by atoms with Gasteiger partial charge < -0.3 is 24.8 Å². The lowest BCUT2D eigenvalue weighted by atomic mass is 9.59. The Kier molecular flexibility index (Phi) is 8.29. The average molecular weight is 595 g/mol. The summed E-state index contributed by atoms with van der Waals surface area (Å²) in [5.74, 6) is -3.17. The van der Waals surface area contributed by atoms with Crippen molar-refractivity contribution < 1.29 is 39.2 Å². The van der Waals surface area contributed by atoms with Crippen molar-refractivity contribution in [2.45, 2.75) is 103 Å². The Morgan fingerprint density at radius 3 is 2.40 bits per heavy atom. The predicted molar refractivity (Wildman–Crippen MR) is 160 cm³/mol. The van der Waals surface area contributed by atoms with Crippen molar-refractivity contribution >= 4 is 17.7 Å². The van der Waals surface area contributed by atoms with Gasteiger partial charge in [-0.2, -0.15) is 0 Å². The molecule has 3 N–H and O–H groups in total. The molecule has 2 bridgehead atoms. The second kappa shape index (κ2) is 11.3. The van der Waals surface area contributed by atoms with Crippen LogP contribution in [0.4, 0.5) is 0 Å². The summed E-state index contributed by atoms with van der Waals surface area (Å²) >= 11 is 0. The minimum atomic E-state index is -2.28. The van der Waals surface area contributed by atoms with E-state index in [0.717, 1.165) is 32.1 Å². The fourth-order valence-corrected chi connectivity index (χ4v) is 8.77. The molecule has 8 atom stereocenters. The quantitative estimate of drug-likeness (QED) is 0.202. The number of ether oxygens (including phenoxy) is 2. The number of unbranched alkanes of at least 4 members (excludes halogenated alkanes) is 4. The van der Waals surface area contributed by atoms with Crippen LogP contribution in [-0.4, -0.2) is 63.1 Å². The topological polar surface area (TPSA) is 130 Å². The maximum Gasteiger partial charge on any atom is 0.338 e. The molecule has 5 rings (SSSR count). The smallest absolute Gasteiger partial charge is 0.338 e. The van der Waals surface area contributed by atoms with Gasteiger partial charge in [0.15, 0.2) is 17.5 Å². The number of carbonyl (C=O) groups is 3. The van der Waals surface area contributed by atoms with Gasteiger partial charge in [0.1, 0.15) is 11.7 Å². The van der Waals surface area contributed by atoms with E-state index in [-0.39, 0.29) is 29.3 Å². The van der Waals surface area contributed by atoms with E-state index in [1.54, 1.807) is 49.4 Å². The van der Waals surface area contributed by atoms with Gasteiger partial charge in [0.05, 0.1) is 17.6 Å². The Morgan fingerprint density at radius 2 is 1.74 bits per heavy atom. The number of ketones is 1. The highest BCUT2D eigenvalue weighted by Crippen LogP contribution is 2.75. The summed E-state index contributed by atoms with van der Waals surface area (Å²) < 4.78 is 12.2. The van der Waals surface area contributed by atoms with Crippen LogP contribution in [0.2, 0.25) is 0 Å². The third-order valence-electron chi connectivity index (χ3n) is 11.0. The fourth-order valence-electron chi connectivity index (χ4n) is 8.77. The predicted octanol–water partition coefficient (Wildman–Crippen LogP) is 4.71. The first-order chi connectivity index (χ1) is 20.3. The van der Waals surface area contributed by atoms with Gasteiger partial charge in [-0.25, -0.2) is 4.79 Å². The maximum absolute atomic E-state index is 14.8. The molecule has 1 aromatic carbocycles. The molecule has 0 saturated heterocycles. The number of aliphatic hydroxyl groups excluding tert-OH is 2. The van der Waals surface area contributed by atoms with Crippen LogP contribution in [0.25, 0.3) is 0 Å². The maximum atomic E-state index is 14.8. The van der Waals surface area contributed by atoms with Crippen molar-refractivity contribution in [3.05, 3.63) is 59.2 Å². The molecule has 1 aromatic rings. The van der Waals surface area contributed by atoms with Crippen LogP contribution in [0.1, 0.15) is 89.9 Å². The molecule has 1 spiro atoms. The Hall–Kier alpha value is -2.81. The Morgan fingerprint density at radius 1 is 1.07 bits per heavy atom. The van der Waals surface area contributed by atoms with Gasteiger partial charge in [-0.3, -0.25) is 9.59 Å². The van der Waals surface area contributed by atoms with Gasteiger partial charge in [-0.05, 0) is 49.0 Å². The molecular weight excluding hydrogens is 548 g/mol. The highest BCUT2D eigenvalue weighted by atomic mass is 16.6. The monoisotopic (exact) mass is 594 g/mol. The van der Waals surface area contributed by atoms with Crippen LogP contribution in [-0.2, 0) is 19.1 Å². The van der Waals surface area contributed by atoms with Crippen molar-refractivity contribution in [2.75, 3.05) is 6.61 Å². The molecule has 0 amide bonds. The molecule has 0 radical (unpaired) electrons. The van der Waals surface area contributed by atoms with Gasteiger partial charge in [-0.15, -0.1) is 0 Å². The molecule has 0 heterocycles. The van der Waals surface area contributed by atoms with E-state index in [4.69, 9.17) is 9.47 Å². The standard InChI is InChI=1S/C35H46O8/c1-6-7-8-9-13-16-26(37)43-34-19-22(3)33-18-21(2)30(42-31(40)23-14-11-10-12-15-23)35(33,41)28(38)24(20-36)17-25(29(33)39)27(34)32(34,4)5/h10-12,14-15,17-18,22,25,27-28,30,36,38,41H,6-9,13,16,19-20H2,1-5H3/t22-,25+,27-,28-,30+,33+,34-,35+/m1/s1. The number of benzene rings is 1. The second-order valence-corrected chi connectivity index (χ2v) is 13.8. The molecule has 8 nitrogen and oxygen atoms in total. The lowest BCUT2D eigenvalue weighted by Crippen LogP contribution is -2.66. The average Bonchev–Trinajstić information content (AvgIpc) is 3.37. The van der Waals surface area contributed by atoms with Gasteiger partial charge >= 0.3 is 11.9 Å². The number of Topliss-reactive ketones (excluding diaryl/α,β-unsaturated/α-hetero) is 1. The minimum Gasteiger partial charge on any atom is -0.458 e. The van der Waals surface area contributed by atoms with Crippen LogP contribution >= 0.6 is 0 Å². The Labute approximate surface area is 254 Å². The van der Waals surface area contributed by atoms with Crippen molar-refractivity contribution in [1.29, 1.82) is 0 Å². The molecule has 0 aliphatic heterocycles. The number of hydrogen-bond donors (Lipinski definition) is 3. The number of esters is 2. The van der Waals surface area contributed by atoms with Crippen molar-refractivity contribution in [1.82, 2.24) is 0 Å². The van der Waals surface area contributed by atoms with E-state index in [9.17, 15) is 29.7 Å². The number of allylic oxidation sites excluding steroid dienone is 1. The van der Waals surface area contributed by atoms with Gasteiger partial charge in [-0.1, -0.05) is 83.7 Å². The summed E-state index contributed by atoms with van der Waals surface area (Å²) in [6.07, 6.45) is 5.76. The van der Waals surface area contributed by atoms with E-state index in [2.05, 4.69) is 6.92 Å². The molecule has 0 unspecified atom stereocenters.